The lowest BCUT2D eigenvalue weighted by Crippen LogP contribution is -2.53. The van der Waals surface area contributed by atoms with Crippen molar-refractivity contribution in [2.45, 2.75) is 52.4 Å². The van der Waals surface area contributed by atoms with E-state index >= 15 is 0 Å². The highest BCUT2D eigenvalue weighted by molar-refractivity contribution is 5.15. The van der Waals surface area contributed by atoms with Gasteiger partial charge in [0, 0.05) is 0 Å². The Hall–Kier alpha value is -0.510. The van der Waals surface area contributed by atoms with Gasteiger partial charge in [0.05, 0.1) is 11.5 Å². The molecular weight excluding hydrogens is 182 g/mol. The zero-order valence-electron chi connectivity index (χ0n) is 9.92. The van der Waals surface area contributed by atoms with Crippen LogP contribution in [0.25, 0.3) is 0 Å². The highest BCUT2D eigenvalue weighted by Gasteiger charge is 2.58. The molecule has 15 heavy (non-hydrogen) atoms. The fraction of sp³-hybridized carbons (Fsp3) is 0.929. The van der Waals surface area contributed by atoms with Gasteiger partial charge in [-0.15, -0.1) is 0 Å². The molecule has 0 aromatic rings. The third-order valence-corrected chi connectivity index (χ3v) is 5.57. The van der Waals surface area contributed by atoms with Crippen LogP contribution in [0.1, 0.15) is 52.4 Å². The summed E-state index contributed by atoms with van der Waals surface area (Å²) < 4.78 is 0. The van der Waals surface area contributed by atoms with Gasteiger partial charge in [0.1, 0.15) is 0 Å². The first-order valence-corrected chi connectivity index (χ1v) is 6.49. The van der Waals surface area contributed by atoms with E-state index in [-0.39, 0.29) is 5.41 Å². The van der Waals surface area contributed by atoms with Crippen LogP contribution in [0.2, 0.25) is 0 Å². The van der Waals surface area contributed by atoms with Gasteiger partial charge in [-0.2, -0.15) is 5.26 Å². The smallest absolute Gasteiger partial charge is 0.0690 e. The summed E-state index contributed by atoms with van der Waals surface area (Å²) in [6.07, 6.45) is 7.91. The lowest BCUT2D eigenvalue weighted by Gasteiger charge is -2.61. The lowest BCUT2D eigenvalue weighted by molar-refractivity contribution is -0.107. The molecule has 0 aliphatic heterocycles. The second kappa shape index (κ2) is 2.78. The number of hydrogen-bond acceptors (Lipinski definition) is 1. The standard InChI is InChI=1S/C14H21N/c1-10(2)14-6-11-3-12(7-14)5-13(4-11,8-14)9-15/h10-12H,3-8H2,1-2H3. The molecule has 2 unspecified atom stereocenters. The fourth-order valence-electron chi connectivity index (χ4n) is 5.14. The normalized spacial score (nSPS) is 52.1. The van der Waals surface area contributed by atoms with Crippen LogP contribution < -0.4 is 0 Å². The van der Waals surface area contributed by atoms with Gasteiger partial charge in [0.2, 0.25) is 0 Å². The van der Waals surface area contributed by atoms with E-state index in [4.69, 9.17) is 0 Å². The van der Waals surface area contributed by atoms with Crippen molar-refractivity contribution in [2.24, 2.45) is 28.6 Å². The molecule has 4 fully saturated rings. The lowest BCUT2D eigenvalue weighted by atomic mass is 9.42. The molecule has 0 heterocycles. The highest BCUT2D eigenvalue weighted by Crippen LogP contribution is 2.67. The maximum absolute atomic E-state index is 9.48. The fourth-order valence-corrected chi connectivity index (χ4v) is 5.14. The molecule has 1 heteroatoms. The average molecular weight is 203 g/mol. The van der Waals surface area contributed by atoms with Crippen molar-refractivity contribution in [1.82, 2.24) is 0 Å². The van der Waals surface area contributed by atoms with Gasteiger partial charge < -0.3 is 0 Å². The molecule has 0 N–H and O–H groups in total. The van der Waals surface area contributed by atoms with E-state index in [1.807, 2.05) is 0 Å². The second-order valence-corrected chi connectivity index (χ2v) is 6.87. The van der Waals surface area contributed by atoms with E-state index in [9.17, 15) is 5.26 Å². The molecule has 0 aromatic carbocycles. The van der Waals surface area contributed by atoms with Crippen LogP contribution >= 0.6 is 0 Å². The minimum absolute atomic E-state index is 0.0916. The van der Waals surface area contributed by atoms with Crippen molar-refractivity contribution in [3.63, 3.8) is 0 Å². The summed E-state index contributed by atoms with van der Waals surface area (Å²) in [6, 6.07) is 2.69. The summed E-state index contributed by atoms with van der Waals surface area (Å²) in [6.45, 7) is 4.75. The summed E-state index contributed by atoms with van der Waals surface area (Å²) in [7, 11) is 0. The predicted octanol–water partition coefficient (Wildman–Crippen LogP) is 3.75. The SMILES string of the molecule is CC(C)C12CC3CC(CC(C#N)(C3)C1)C2. The Kier molecular flexibility index (Phi) is 1.80. The minimum atomic E-state index is 0.0916. The Morgan fingerprint density at radius 2 is 1.73 bits per heavy atom. The highest BCUT2D eigenvalue weighted by atomic mass is 14.6. The van der Waals surface area contributed by atoms with Crippen LogP contribution in [-0.2, 0) is 0 Å². The molecule has 0 saturated heterocycles. The largest absolute Gasteiger partial charge is 0.198 e. The molecule has 1 nitrogen and oxygen atoms in total. The maximum Gasteiger partial charge on any atom is 0.0690 e. The Morgan fingerprint density at radius 3 is 2.20 bits per heavy atom. The summed E-state index contributed by atoms with van der Waals surface area (Å²) in [5, 5.41) is 9.48. The third-order valence-electron chi connectivity index (χ3n) is 5.57. The number of hydrogen-bond donors (Lipinski definition) is 0. The third kappa shape index (κ3) is 1.20. The summed E-state index contributed by atoms with van der Waals surface area (Å²) in [5.41, 5.74) is 0.633. The van der Waals surface area contributed by atoms with Gasteiger partial charge in [-0.25, -0.2) is 0 Å². The van der Waals surface area contributed by atoms with Crippen LogP contribution in [0, 0.1) is 39.9 Å². The molecule has 4 aliphatic rings. The summed E-state index contributed by atoms with van der Waals surface area (Å²) >= 11 is 0. The molecule has 0 aromatic heterocycles. The molecular formula is C14H21N. The van der Waals surface area contributed by atoms with Crippen LogP contribution in [0.15, 0.2) is 0 Å². The zero-order valence-corrected chi connectivity index (χ0v) is 9.92. The van der Waals surface area contributed by atoms with Crippen LogP contribution in [0.3, 0.4) is 0 Å². The van der Waals surface area contributed by atoms with Crippen LogP contribution in [-0.4, -0.2) is 0 Å². The van der Waals surface area contributed by atoms with E-state index < -0.39 is 0 Å². The molecule has 0 amide bonds. The second-order valence-electron chi connectivity index (χ2n) is 6.87. The van der Waals surface area contributed by atoms with E-state index in [1.54, 1.807) is 0 Å². The molecule has 4 saturated carbocycles. The van der Waals surface area contributed by atoms with Gasteiger partial charge in [-0.3, -0.25) is 0 Å². The van der Waals surface area contributed by atoms with Crippen LogP contribution in [0.5, 0.6) is 0 Å². The van der Waals surface area contributed by atoms with E-state index in [0.717, 1.165) is 17.8 Å². The Balaban J connectivity index is 2.00. The Morgan fingerprint density at radius 1 is 1.13 bits per heavy atom. The first-order valence-electron chi connectivity index (χ1n) is 6.49. The van der Waals surface area contributed by atoms with Gasteiger partial charge in [0.25, 0.3) is 0 Å². The van der Waals surface area contributed by atoms with Crippen molar-refractivity contribution >= 4 is 0 Å². The molecule has 4 rings (SSSR count). The van der Waals surface area contributed by atoms with E-state index in [2.05, 4.69) is 19.9 Å². The monoisotopic (exact) mass is 203 g/mol. The molecule has 0 spiro atoms. The molecule has 4 bridgehead atoms. The average Bonchev–Trinajstić information content (AvgIpc) is 2.15. The predicted molar refractivity (Wildman–Crippen MR) is 60.0 cm³/mol. The van der Waals surface area contributed by atoms with E-state index in [1.165, 1.54) is 38.5 Å². The van der Waals surface area contributed by atoms with Crippen molar-refractivity contribution < 1.29 is 0 Å². The molecule has 4 aliphatic carbocycles. The number of nitrogens with zero attached hydrogens (tertiary/aromatic N) is 1. The van der Waals surface area contributed by atoms with Crippen molar-refractivity contribution in [3.8, 4) is 6.07 Å². The van der Waals surface area contributed by atoms with Gasteiger partial charge in [-0.1, -0.05) is 13.8 Å². The maximum atomic E-state index is 9.48. The van der Waals surface area contributed by atoms with Gasteiger partial charge in [-0.05, 0) is 61.7 Å². The topological polar surface area (TPSA) is 23.8 Å². The van der Waals surface area contributed by atoms with Crippen LogP contribution in [0.4, 0.5) is 0 Å². The van der Waals surface area contributed by atoms with Crippen molar-refractivity contribution in [1.29, 1.82) is 5.26 Å². The number of nitriles is 1. The number of rotatable bonds is 1. The zero-order chi connectivity index (χ0) is 10.7. The summed E-state index contributed by atoms with van der Waals surface area (Å²) in [5.74, 6) is 2.54. The Labute approximate surface area is 92.9 Å². The van der Waals surface area contributed by atoms with Crippen molar-refractivity contribution in [2.75, 3.05) is 0 Å². The molecule has 82 valence electrons. The van der Waals surface area contributed by atoms with Crippen molar-refractivity contribution in [3.05, 3.63) is 0 Å². The molecule has 0 radical (unpaired) electrons. The Bertz CT molecular complexity index is 309. The van der Waals surface area contributed by atoms with Gasteiger partial charge in [0.15, 0.2) is 0 Å². The van der Waals surface area contributed by atoms with Gasteiger partial charge >= 0.3 is 0 Å². The summed E-state index contributed by atoms with van der Waals surface area (Å²) in [4.78, 5) is 0. The minimum Gasteiger partial charge on any atom is -0.198 e. The first-order chi connectivity index (χ1) is 7.07. The van der Waals surface area contributed by atoms with E-state index in [0.29, 0.717) is 5.41 Å². The molecule has 2 atom stereocenters. The quantitative estimate of drug-likeness (QED) is 0.636. The first kappa shape index (κ1) is 9.70.